The van der Waals surface area contributed by atoms with Gasteiger partial charge in [0.25, 0.3) is 5.91 Å². The number of aromatic amines is 1. The zero-order valence-electron chi connectivity index (χ0n) is 19.8. The van der Waals surface area contributed by atoms with Gasteiger partial charge in [-0.15, -0.1) is 0 Å². The molecule has 0 atom stereocenters. The molecule has 1 fully saturated rings. The number of rotatable bonds is 7. The first-order chi connectivity index (χ1) is 16.3. The van der Waals surface area contributed by atoms with Crippen molar-refractivity contribution in [3.8, 4) is 22.9 Å². The van der Waals surface area contributed by atoms with Crippen molar-refractivity contribution in [3.05, 3.63) is 64.1 Å². The Labute approximate surface area is 198 Å². The highest BCUT2D eigenvalue weighted by Gasteiger charge is 2.22. The number of phenols is 1. The maximum absolute atomic E-state index is 13.2. The molecule has 9 nitrogen and oxygen atoms in total. The van der Waals surface area contributed by atoms with Crippen LogP contribution in [-0.4, -0.2) is 82.0 Å². The molecule has 1 aliphatic heterocycles. The number of nitrogens with zero attached hydrogens (tertiary/aromatic N) is 4. The molecule has 0 aliphatic carbocycles. The lowest BCUT2D eigenvalue weighted by molar-refractivity contribution is 0.0958. The fraction of sp³-hybridized carbons (Fsp3) is 0.400. The lowest BCUT2D eigenvalue weighted by Gasteiger charge is -2.32. The minimum atomic E-state index is -0.665. The highest BCUT2D eigenvalue weighted by molar-refractivity contribution is 5.98. The van der Waals surface area contributed by atoms with Crippen molar-refractivity contribution in [2.75, 3.05) is 46.4 Å². The highest BCUT2D eigenvalue weighted by Crippen LogP contribution is 2.30. The Balaban J connectivity index is 1.47. The molecule has 0 unspecified atom stereocenters. The minimum Gasteiger partial charge on any atom is -0.507 e. The first kappa shape index (κ1) is 23.7. The molecule has 0 amide bonds. The van der Waals surface area contributed by atoms with Gasteiger partial charge in [-0.1, -0.05) is 19.9 Å². The van der Waals surface area contributed by atoms with Crippen LogP contribution < -0.4 is 10.4 Å². The monoisotopic (exact) mass is 465 g/mol. The number of ether oxygens (including phenoxy) is 1. The van der Waals surface area contributed by atoms with Crippen molar-refractivity contribution < 1.29 is 14.6 Å². The Morgan fingerprint density at radius 2 is 1.82 bits per heavy atom. The first-order valence-electron chi connectivity index (χ1n) is 11.5. The molecule has 3 aromatic rings. The molecule has 4 rings (SSSR count). The van der Waals surface area contributed by atoms with E-state index in [-0.39, 0.29) is 17.5 Å². The van der Waals surface area contributed by atoms with E-state index in [1.165, 1.54) is 0 Å². The van der Waals surface area contributed by atoms with Crippen LogP contribution >= 0.6 is 0 Å². The van der Waals surface area contributed by atoms with Crippen molar-refractivity contribution in [3.63, 3.8) is 0 Å². The molecule has 2 N–H and O–H groups in total. The van der Waals surface area contributed by atoms with Gasteiger partial charge < -0.3 is 14.7 Å². The van der Waals surface area contributed by atoms with Crippen molar-refractivity contribution in [1.82, 2.24) is 24.6 Å². The van der Waals surface area contributed by atoms with Gasteiger partial charge in [0.05, 0.1) is 5.56 Å². The quantitative estimate of drug-likeness (QED) is 0.552. The molecule has 1 saturated heterocycles. The zero-order chi connectivity index (χ0) is 24.2. The Morgan fingerprint density at radius 3 is 2.50 bits per heavy atom. The topological polar surface area (TPSA) is 104 Å². The number of hydrogen-bond acceptors (Lipinski definition) is 7. The maximum atomic E-state index is 13.2. The number of hydrogen-bond donors (Lipinski definition) is 2. The summed E-state index contributed by atoms with van der Waals surface area (Å²) >= 11 is 0. The molecule has 0 spiro atoms. The van der Waals surface area contributed by atoms with Crippen molar-refractivity contribution in [2.45, 2.75) is 19.8 Å². The van der Waals surface area contributed by atoms with Gasteiger partial charge in [-0.05, 0) is 54.9 Å². The van der Waals surface area contributed by atoms with Crippen LogP contribution in [0.1, 0.15) is 35.7 Å². The van der Waals surface area contributed by atoms with Gasteiger partial charge in [0, 0.05) is 38.3 Å². The Hall–Kier alpha value is -3.43. The Bertz CT molecular complexity index is 1190. The number of H-pyrrole nitrogens is 1. The van der Waals surface area contributed by atoms with Gasteiger partial charge in [0.1, 0.15) is 18.1 Å². The largest absolute Gasteiger partial charge is 0.507 e. The summed E-state index contributed by atoms with van der Waals surface area (Å²) in [7, 11) is 2.13. The number of aromatic hydroxyl groups is 1. The van der Waals surface area contributed by atoms with E-state index in [9.17, 15) is 14.7 Å². The van der Waals surface area contributed by atoms with Crippen LogP contribution in [0.5, 0.6) is 11.5 Å². The normalized spacial score (nSPS) is 15.1. The average molecular weight is 466 g/mol. The molecule has 9 heteroatoms. The van der Waals surface area contributed by atoms with E-state index in [4.69, 9.17) is 4.74 Å². The summed E-state index contributed by atoms with van der Waals surface area (Å²) in [5.74, 6) is 0.349. The molecule has 34 heavy (non-hydrogen) atoms. The zero-order valence-corrected chi connectivity index (χ0v) is 19.8. The van der Waals surface area contributed by atoms with E-state index < -0.39 is 11.6 Å². The highest BCUT2D eigenvalue weighted by atomic mass is 16.5. The molecule has 0 saturated carbocycles. The minimum absolute atomic E-state index is 0.0541. The number of nitrogens with one attached hydrogen (secondary N) is 1. The molecule has 1 aromatic heterocycles. The Morgan fingerprint density at radius 1 is 1.12 bits per heavy atom. The summed E-state index contributed by atoms with van der Waals surface area (Å²) in [6.07, 6.45) is 0. The molecule has 1 aliphatic rings. The van der Waals surface area contributed by atoms with E-state index >= 15 is 0 Å². The van der Waals surface area contributed by atoms with Gasteiger partial charge in [0.15, 0.2) is 5.82 Å². The average Bonchev–Trinajstić information content (AvgIpc) is 3.21. The molecule has 180 valence electrons. The maximum Gasteiger partial charge on any atom is 0.350 e. The summed E-state index contributed by atoms with van der Waals surface area (Å²) in [6.45, 7) is 9.64. The predicted octanol–water partition coefficient (Wildman–Crippen LogP) is 2.38. The van der Waals surface area contributed by atoms with E-state index in [2.05, 4.69) is 27.0 Å². The lowest BCUT2D eigenvalue weighted by Crippen LogP contribution is -2.45. The fourth-order valence-electron chi connectivity index (χ4n) is 3.94. The van der Waals surface area contributed by atoms with Crippen LogP contribution in [0.25, 0.3) is 11.4 Å². The number of benzene rings is 2. The van der Waals surface area contributed by atoms with Crippen LogP contribution in [0, 0.1) is 0 Å². The van der Waals surface area contributed by atoms with Crippen molar-refractivity contribution in [1.29, 1.82) is 0 Å². The number of carbonyl (C=O) groups is 1. The second-order valence-corrected chi connectivity index (χ2v) is 8.94. The van der Waals surface area contributed by atoms with Crippen molar-refractivity contribution in [2.24, 2.45) is 0 Å². The third-order valence-electron chi connectivity index (χ3n) is 6.18. The third-order valence-corrected chi connectivity index (χ3v) is 6.18. The van der Waals surface area contributed by atoms with Crippen LogP contribution in [0.4, 0.5) is 0 Å². The summed E-state index contributed by atoms with van der Waals surface area (Å²) in [4.78, 5) is 30.3. The van der Waals surface area contributed by atoms with E-state index in [1.54, 1.807) is 36.4 Å². The standard InChI is InChI=1S/C25H31N5O4/c1-17(2)19-6-9-22(31)21(16-19)23-26-27-25(33)30(23)24(32)18-4-7-20(8-5-18)34-15-14-29-12-10-28(3)11-13-29/h4-9,16-17,31H,10-15H2,1-3H3,(H,27,33). The number of likely N-dealkylation sites (N-methyl/N-ethyl adjacent to an activating group) is 1. The summed E-state index contributed by atoms with van der Waals surface area (Å²) < 4.78 is 6.79. The second kappa shape index (κ2) is 10.2. The predicted molar refractivity (Wildman–Crippen MR) is 130 cm³/mol. The van der Waals surface area contributed by atoms with E-state index in [1.807, 2.05) is 19.9 Å². The second-order valence-electron chi connectivity index (χ2n) is 8.94. The molecule has 0 radical (unpaired) electrons. The molecule has 0 bridgehead atoms. The van der Waals surface area contributed by atoms with Gasteiger partial charge in [-0.25, -0.2) is 14.5 Å². The van der Waals surface area contributed by atoms with Crippen LogP contribution in [0.2, 0.25) is 0 Å². The Kier molecular flexibility index (Phi) is 7.14. The number of carbonyl (C=O) groups excluding carboxylic acids is 1. The number of aromatic nitrogens is 3. The fourth-order valence-corrected chi connectivity index (χ4v) is 3.94. The summed E-state index contributed by atoms with van der Waals surface area (Å²) in [6, 6.07) is 11.8. The van der Waals surface area contributed by atoms with E-state index in [0.29, 0.717) is 23.5 Å². The van der Waals surface area contributed by atoms with Gasteiger partial charge in [0.2, 0.25) is 0 Å². The molecule has 2 aromatic carbocycles. The molecular weight excluding hydrogens is 434 g/mol. The summed E-state index contributed by atoms with van der Waals surface area (Å²) in [5.41, 5.74) is 0.930. The van der Waals surface area contributed by atoms with Crippen LogP contribution in [0.3, 0.4) is 0 Å². The van der Waals surface area contributed by atoms with Gasteiger partial charge >= 0.3 is 5.69 Å². The van der Waals surface area contributed by atoms with Gasteiger partial charge in [-0.3, -0.25) is 9.69 Å². The van der Waals surface area contributed by atoms with E-state index in [0.717, 1.165) is 42.9 Å². The first-order valence-corrected chi connectivity index (χ1v) is 11.5. The van der Waals surface area contributed by atoms with Crippen molar-refractivity contribution >= 4 is 5.91 Å². The van der Waals surface area contributed by atoms with Crippen LogP contribution in [-0.2, 0) is 0 Å². The third kappa shape index (κ3) is 5.21. The molecular formula is C25H31N5O4. The smallest absolute Gasteiger partial charge is 0.350 e. The number of phenolic OH excluding ortho intramolecular Hbond substituents is 1. The van der Waals surface area contributed by atoms with Gasteiger partial charge in [-0.2, -0.15) is 5.10 Å². The van der Waals surface area contributed by atoms with Crippen LogP contribution in [0.15, 0.2) is 47.3 Å². The SMILES string of the molecule is CC(C)c1ccc(O)c(-c2n[nH]c(=O)n2C(=O)c2ccc(OCCN3CCN(C)CC3)cc2)c1. The number of piperazine rings is 1. The molecule has 2 heterocycles. The lowest BCUT2D eigenvalue weighted by atomic mass is 10.00. The summed E-state index contributed by atoms with van der Waals surface area (Å²) in [5, 5.41) is 16.7.